The van der Waals surface area contributed by atoms with E-state index < -0.39 is 12.0 Å². The molecule has 0 radical (unpaired) electrons. The zero-order chi connectivity index (χ0) is 14.5. The zero-order valence-corrected chi connectivity index (χ0v) is 10.7. The molecule has 2 aromatic carbocycles. The van der Waals surface area contributed by atoms with Crippen molar-refractivity contribution in [2.24, 2.45) is 5.73 Å². The van der Waals surface area contributed by atoms with E-state index in [0.717, 1.165) is 10.8 Å². The maximum Gasteiger partial charge on any atom is 0.337 e. The van der Waals surface area contributed by atoms with Gasteiger partial charge in [0.25, 0.3) is 0 Å². The molecule has 5 N–H and O–H groups in total. The lowest BCUT2D eigenvalue weighted by molar-refractivity contribution is 0.0698. The van der Waals surface area contributed by atoms with E-state index in [1.807, 2.05) is 24.3 Å². The maximum absolute atomic E-state index is 11.6. The summed E-state index contributed by atoms with van der Waals surface area (Å²) in [5, 5.41) is 15.9. The van der Waals surface area contributed by atoms with E-state index in [9.17, 15) is 14.7 Å². The number of fused-ring (bicyclic) bond motifs is 1. The summed E-state index contributed by atoms with van der Waals surface area (Å²) >= 11 is 0. The molecule has 6 heteroatoms. The first-order valence-electron chi connectivity index (χ1n) is 6.13. The summed E-state index contributed by atoms with van der Waals surface area (Å²) in [5.74, 6) is -1.09. The van der Waals surface area contributed by atoms with Gasteiger partial charge in [0.15, 0.2) is 0 Å². The van der Waals surface area contributed by atoms with Gasteiger partial charge in [0.1, 0.15) is 0 Å². The molecule has 104 valence electrons. The highest BCUT2D eigenvalue weighted by Gasteiger charge is 2.13. The molecule has 0 heterocycles. The van der Waals surface area contributed by atoms with Gasteiger partial charge < -0.3 is 21.5 Å². The topological polar surface area (TPSA) is 104 Å². The van der Waals surface area contributed by atoms with Crippen LogP contribution < -0.4 is 16.4 Å². The summed E-state index contributed by atoms with van der Waals surface area (Å²) in [6.45, 7) is 0.638. The van der Waals surface area contributed by atoms with Crippen molar-refractivity contribution in [1.29, 1.82) is 0 Å². The lowest BCUT2D eigenvalue weighted by Crippen LogP contribution is -2.33. The minimum absolute atomic E-state index is 0.0478. The predicted molar refractivity (Wildman–Crippen MR) is 77.0 cm³/mol. The number of carboxylic acid groups (broad SMARTS) is 1. The number of nitrogens with one attached hydrogen (secondary N) is 2. The fraction of sp³-hybridized carbons (Fsp3) is 0.143. The van der Waals surface area contributed by atoms with Crippen molar-refractivity contribution in [1.82, 2.24) is 5.32 Å². The van der Waals surface area contributed by atoms with Gasteiger partial charge in [-0.25, -0.2) is 9.59 Å². The number of carbonyl (C=O) groups excluding carboxylic acids is 1. The molecular weight excluding hydrogens is 258 g/mol. The van der Waals surface area contributed by atoms with Crippen LogP contribution in [0, 0.1) is 0 Å². The zero-order valence-electron chi connectivity index (χ0n) is 10.7. The van der Waals surface area contributed by atoms with Crippen molar-refractivity contribution >= 4 is 28.5 Å². The van der Waals surface area contributed by atoms with Crippen molar-refractivity contribution in [2.75, 3.05) is 18.4 Å². The van der Waals surface area contributed by atoms with Crippen molar-refractivity contribution < 1.29 is 14.7 Å². The Bertz CT molecular complexity index is 655. The van der Waals surface area contributed by atoms with Crippen LogP contribution in [0.25, 0.3) is 10.8 Å². The molecule has 2 aromatic rings. The highest BCUT2D eigenvalue weighted by molar-refractivity contribution is 6.04. The molecule has 20 heavy (non-hydrogen) atoms. The van der Waals surface area contributed by atoms with E-state index in [0.29, 0.717) is 13.1 Å². The second-order valence-corrected chi connectivity index (χ2v) is 4.22. The van der Waals surface area contributed by atoms with Crippen LogP contribution in [0.15, 0.2) is 36.4 Å². The fourth-order valence-electron chi connectivity index (χ4n) is 1.87. The molecule has 6 nitrogen and oxygen atoms in total. The minimum atomic E-state index is -1.09. The highest BCUT2D eigenvalue weighted by Crippen LogP contribution is 2.24. The first-order chi connectivity index (χ1) is 9.61. The van der Waals surface area contributed by atoms with E-state index in [1.54, 1.807) is 6.07 Å². The van der Waals surface area contributed by atoms with Crippen molar-refractivity contribution in [3.63, 3.8) is 0 Å². The Morgan fingerprint density at radius 2 is 1.80 bits per heavy atom. The summed E-state index contributed by atoms with van der Waals surface area (Å²) < 4.78 is 0. The molecule has 0 fully saturated rings. The number of aromatic carboxylic acids is 1. The van der Waals surface area contributed by atoms with Crippen LogP contribution in [0.5, 0.6) is 0 Å². The van der Waals surface area contributed by atoms with Crippen LogP contribution in [0.1, 0.15) is 10.4 Å². The Labute approximate surface area is 115 Å². The lowest BCUT2D eigenvalue weighted by atomic mass is 10.0. The second-order valence-electron chi connectivity index (χ2n) is 4.22. The number of benzene rings is 2. The number of amides is 2. The van der Waals surface area contributed by atoms with Crippen LogP contribution in [0.4, 0.5) is 10.5 Å². The van der Waals surface area contributed by atoms with Crippen LogP contribution in [-0.2, 0) is 0 Å². The third-order valence-electron chi connectivity index (χ3n) is 2.79. The molecule has 0 unspecified atom stereocenters. The Morgan fingerprint density at radius 3 is 2.40 bits per heavy atom. The Balaban J connectivity index is 2.37. The van der Waals surface area contributed by atoms with E-state index in [2.05, 4.69) is 10.6 Å². The molecule has 0 aliphatic heterocycles. The monoisotopic (exact) mass is 273 g/mol. The molecule has 0 aliphatic rings. The summed E-state index contributed by atoms with van der Waals surface area (Å²) in [6, 6.07) is 10.0. The largest absolute Gasteiger partial charge is 0.478 e. The molecule has 0 spiro atoms. The molecular formula is C14H15N3O3. The van der Waals surface area contributed by atoms with Gasteiger partial charge in [-0.2, -0.15) is 0 Å². The van der Waals surface area contributed by atoms with Gasteiger partial charge in [-0.3, -0.25) is 0 Å². The average molecular weight is 273 g/mol. The number of rotatable bonds is 4. The van der Waals surface area contributed by atoms with Crippen LogP contribution in [0.3, 0.4) is 0 Å². The molecule has 0 aliphatic carbocycles. The lowest BCUT2D eigenvalue weighted by Gasteiger charge is -2.11. The van der Waals surface area contributed by atoms with E-state index >= 15 is 0 Å². The summed E-state index contributed by atoms with van der Waals surface area (Å²) in [4.78, 5) is 22.9. The van der Waals surface area contributed by atoms with Crippen LogP contribution in [-0.4, -0.2) is 30.2 Å². The maximum atomic E-state index is 11.6. The molecule has 0 atom stereocenters. The first-order valence-corrected chi connectivity index (χ1v) is 6.13. The van der Waals surface area contributed by atoms with Crippen LogP contribution >= 0.6 is 0 Å². The molecule has 2 rings (SSSR count). The van der Waals surface area contributed by atoms with Crippen molar-refractivity contribution in [3.05, 3.63) is 42.0 Å². The van der Waals surface area contributed by atoms with Crippen molar-refractivity contribution in [3.8, 4) is 0 Å². The minimum Gasteiger partial charge on any atom is -0.478 e. The van der Waals surface area contributed by atoms with Gasteiger partial charge in [0.05, 0.1) is 11.3 Å². The number of hydrogen-bond acceptors (Lipinski definition) is 3. The molecule has 0 bridgehead atoms. The molecule has 0 saturated carbocycles. The Hall–Kier alpha value is -2.60. The fourth-order valence-corrected chi connectivity index (χ4v) is 1.87. The van der Waals surface area contributed by atoms with Gasteiger partial charge in [-0.1, -0.05) is 24.3 Å². The Morgan fingerprint density at radius 1 is 1.15 bits per heavy atom. The van der Waals surface area contributed by atoms with Gasteiger partial charge in [0.2, 0.25) is 0 Å². The van der Waals surface area contributed by atoms with E-state index in [1.165, 1.54) is 6.07 Å². The highest BCUT2D eigenvalue weighted by atomic mass is 16.4. The number of urea groups is 1. The van der Waals surface area contributed by atoms with E-state index in [4.69, 9.17) is 5.73 Å². The molecule has 0 aromatic heterocycles. The van der Waals surface area contributed by atoms with Gasteiger partial charge in [-0.15, -0.1) is 0 Å². The Kier molecular flexibility index (Phi) is 4.17. The molecule has 0 saturated heterocycles. The van der Waals surface area contributed by atoms with Gasteiger partial charge >= 0.3 is 12.0 Å². The SMILES string of the molecule is NCCNC(=O)Nc1cc2ccccc2cc1C(=O)O. The second kappa shape index (κ2) is 6.03. The van der Waals surface area contributed by atoms with Gasteiger partial charge in [0, 0.05) is 13.1 Å². The number of carboxylic acids is 1. The number of nitrogens with two attached hydrogens (primary N) is 1. The first kappa shape index (κ1) is 13.8. The van der Waals surface area contributed by atoms with Gasteiger partial charge in [-0.05, 0) is 22.9 Å². The summed E-state index contributed by atoms with van der Waals surface area (Å²) in [7, 11) is 0. The number of anilines is 1. The third kappa shape index (κ3) is 3.04. The summed E-state index contributed by atoms with van der Waals surface area (Å²) in [6.07, 6.45) is 0. The summed E-state index contributed by atoms with van der Waals surface area (Å²) in [5.41, 5.74) is 5.59. The predicted octanol–water partition coefficient (Wildman–Crippen LogP) is 1.62. The van der Waals surface area contributed by atoms with E-state index in [-0.39, 0.29) is 11.3 Å². The average Bonchev–Trinajstić information content (AvgIpc) is 2.44. The standard InChI is InChI=1S/C14H15N3O3/c15-5-6-16-14(20)17-12-8-10-4-2-1-3-9(10)7-11(12)13(18)19/h1-4,7-8H,5-6,15H2,(H,18,19)(H2,16,17,20). The quantitative estimate of drug-likeness (QED) is 0.679. The smallest absolute Gasteiger partial charge is 0.337 e. The number of hydrogen-bond donors (Lipinski definition) is 4. The number of carbonyl (C=O) groups is 2. The third-order valence-corrected chi connectivity index (χ3v) is 2.79. The molecule has 2 amide bonds. The van der Waals surface area contributed by atoms with Crippen molar-refractivity contribution in [2.45, 2.75) is 0 Å². The van der Waals surface area contributed by atoms with Crippen LogP contribution in [0.2, 0.25) is 0 Å². The normalized spacial score (nSPS) is 10.2.